The van der Waals surface area contributed by atoms with Crippen molar-refractivity contribution in [2.75, 3.05) is 0 Å². The Morgan fingerprint density at radius 1 is 0.818 bits per heavy atom. The maximum Gasteiger partial charge on any atom is 0.494 e. The van der Waals surface area contributed by atoms with Crippen molar-refractivity contribution < 1.29 is 9.31 Å². The lowest BCUT2D eigenvalue weighted by Gasteiger charge is -2.32. The maximum atomic E-state index is 6.13. The van der Waals surface area contributed by atoms with Gasteiger partial charge in [0.1, 0.15) is 0 Å². The third kappa shape index (κ3) is 2.60. The summed E-state index contributed by atoms with van der Waals surface area (Å²) in [5.74, 6) is 0. The summed E-state index contributed by atoms with van der Waals surface area (Å²) in [6, 6.07) is 16.9. The molecule has 0 N–H and O–H groups in total. The third-order valence-electron chi connectivity index (χ3n) is 4.86. The average Bonchev–Trinajstić information content (AvgIpc) is 2.68. The van der Waals surface area contributed by atoms with E-state index in [0.29, 0.717) is 0 Å². The van der Waals surface area contributed by atoms with E-state index < -0.39 is 0 Å². The highest BCUT2D eigenvalue weighted by atomic mass is 16.7. The van der Waals surface area contributed by atoms with Gasteiger partial charge in [-0.05, 0) is 56.8 Å². The molecule has 2 nitrogen and oxygen atoms in total. The number of aryl methyl sites for hydroxylation is 1. The molecule has 0 radical (unpaired) electrons. The van der Waals surface area contributed by atoms with Gasteiger partial charge in [0.15, 0.2) is 0 Å². The van der Waals surface area contributed by atoms with Crippen molar-refractivity contribution in [2.24, 2.45) is 0 Å². The van der Waals surface area contributed by atoms with Crippen molar-refractivity contribution in [3.63, 3.8) is 0 Å². The fourth-order valence-electron chi connectivity index (χ4n) is 2.75. The molecule has 22 heavy (non-hydrogen) atoms. The van der Waals surface area contributed by atoms with Crippen LogP contribution in [0.5, 0.6) is 0 Å². The summed E-state index contributed by atoms with van der Waals surface area (Å²) in [6.45, 7) is 10.5. The number of benzene rings is 2. The molecule has 3 heteroatoms. The predicted octanol–water partition coefficient (Wildman–Crippen LogP) is 3.96. The van der Waals surface area contributed by atoms with E-state index >= 15 is 0 Å². The predicted molar refractivity (Wildman–Crippen MR) is 92.3 cm³/mol. The third-order valence-corrected chi connectivity index (χ3v) is 4.86. The Bertz CT molecular complexity index is 661. The molecule has 1 fully saturated rings. The number of hydrogen-bond donors (Lipinski definition) is 0. The van der Waals surface area contributed by atoms with Crippen LogP contribution in [0.3, 0.4) is 0 Å². The molecular weight excluding hydrogens is 271 g/mol. The van der Waals surface area contributed by atoms with Crippen LogP contribution >= 0.6 is 0 Å². The lowest BCUT2D eigenvalue weighted by atomic mass is 9.77. The maximum absolute atomic E-state index is 6.13. The summed E-state index contributed by atoms with van der Waals surface area (Å²) in [4.78, 5) is 0. The van der Waals surface area contributed by atoms with Gasteiger partial charge in [0, 0.05) is 0 Å². The van der Waals surface area contributed by atoms with Gasteiger partial charge in [0.05, 0.1) is 11.2 Å². The van der Waals surface area contributed by atoms with Gasteiger partial charge in [0.2, 0.25) is 0 Å². The summed E-state index contributed by atoms with van der Waals surface area (Å²) >= 11 is 0. The Kier molecular flexibility index (Phi) is 3.66. The van der Waals surface area contributed by atoms with Gasteiger partial charge in [-0.25, -0.2) is 0 Å². The first-order chi connectivity index (χ1) is 10.3. The summed E-state index contributed by atoms with van der Waals surface area (Å²) in [5.41, 5.74) is 4.20. The van der Waals surface area contributed by atoms with Gasteiger partial charge in [-0.1, -0.05) is 48.5 Å². The highest BCUT2D eigenvalue weighted by Gasteiger charge is 2.51. The second-order valence-corrected chi connectivity index (χ2v) is 7.03. The highest BCUT2D eigenvalue weighted by molar-refractivity contribution is 6.62. The van der Waals surface area contributed by atoms with E-state index in [1.807, 2.05) is 6.07 Å². The summed E-state index contributed by atoms with van der Waals surface area (Å²) in [7, 11) is -0.298. The van der Waals surface area contributed by atoms with Crippen LogP contribution in [0.25, 0.3) is 11.1 Å². The molecule has 1 aliphatic heterocycles. The minimum atomic E-state index is -0.302. The van der Waals surface area contributed by atoms with Crippen LogP contribution in [0.1, 0.15) is 33.3 Å². The van der Waals surface area contributed by atoms with Crippen LogP contribution in [0.15, 0.2) is 48.5 Å². The van der Waals surface area contributed by atoms with Gasteiger partial charge in [-0.2, -0.15) is 0 Å². The summed E-state index contributed by atoms with van der Waals surface area (Å²) in [6.07, 6.45) is 0. The lowest BCUT2D eigenvalue weighted by molar-refractivity contribution is 0.00578. The second kappa shape index (κ2) is 5.25. The van der Waals surface area contributed by atoms with E-state index in [-0.39, 0.29) is 18.3 Å². The van der Waals surface area contributed by atoms with Gasteiger partial charge < -0.3 is 9.31 Å². The fraction of sp³-hybridized carbons (Fsp3) is 0.368. The second-order valence-electron chi connectivity index (χ2n) is 7.03. The Balaban J connectivity index is 1.91. The number of rotatable bonds is 2. The van der Waals surface area contributed by atoms with Crippen LogP contribution in [0, 0.1) is 6.92 Å². The zero-order valence-electron chi connectivity index (χ0n) is 14.0. The molecule has 0 atom stereocenters. The molecule has 0 saturated carbocycles. The van der Waals surface area contributed by atoms with Crippen LogP contribution in [-0.2, 0) is 9.31 Å². The summed E-state index contributed by atoms with van der Waals surface area (Å²) in [5, 5.41) is 0. The first-order valence-electron chi connectivity index (χ1n) is 7.82. The first kappa shape index (κ1) is 15.3. The average molecular weight is 294 g/mol. The quantitative estimate of drug-likeness (QED) is 0.780. The van der Waals surface area contributed by atoms with Crippen LogP contribution < -0.4 is 5.46 Å². The Morgan fingerprint density at radius 2 is 1.41 bits per heavy atom. The molecule has 2 aromatic rings. The molecular formula is C19H23BO2. The van der Waals surface area contributed by atoms with Crippen molar-refractivity contribution in [2.45, 2.75) is 45.8 Å². The topological polar surface area (TPSA) is 18.5 Å². The molecule has 0 aromatic heterocycles. The molecule has 2 aromatic carbocycles. The van der Waals surface area contributed by atoms with Gasteiger partial charge in [0.25, 0.3) is 0 Å². The normalized spacial score (nSPS) is 19.4. The van der Waals surface area contributed by atoms with Crippen molar-refractivity contribution in [3.05, 3.63) is 54.1 Å². The molecule has 1 heterocycles. The molecule has 114 valence electrons. The zero-order chi connectivity index (χ0) is 16.0. The van der Waals surface area contributed by atoms with Crippen molar-refractivity contribution in [1.82, 2.24) is 0 Å². The van der Waals surface area contributed by atoms with E-state index in [0.717, 1.165) is 5.46 Å². The standard InChI is InChI=1S/C19H23BO2/c1-14-13-16(20-21-18(2,3)19(4,5)22-20)11-12-17(14)15-9-7-6-8-10-15/h6-13H,1-5H3. The minimum absolute atomic E-state index is 0.298. The van der Waals surface area contributed by atoms with E-state index in [1.54, 1.807) is 0 Å². The molecule has 0 amide bonds. The van der Waals surface area contributed by atoms with Gasteiger partial charge >= 0.3 is 7.12 Å². The van der Waals surface area contributed by atoms with E-state index in [4.69, 9.17) is 9.31 Å². The van der Waals surface area contributed by atoms with Crippen LogP contribution in [-0.4, -0.2) is 18.3 Å². The van der Waals surface area contributed by atoms with Gasteiger partial charge in [-0.15, -0.1) is 0 Å². The zero-order valence-corrected chi connectivity index (χ0v) is 14.0. The molecule has 0 bridgehead atoms. The van der Waals surface area contributed by atoms with Gasteiger partial charge in [-0.3, -0.25) is 0 Å². The fourth-order valence-corrected chi connectivity index (χ4v) is 2.75. The van der Waals surface area contributed by atoms with E-state index in [1.165, 1.54) is 16.7 Å². The van der Waals surface area contributed by atoms with Crippen molar-refractivity contribution in [3.8, 4) is 11.1 Å². The first-order valence-corrected chi connectivity index (χ1v) is 7.82. The van der Waals surface area contributed by atoms with E-state index in [9.17, 15) is 0 Å². The number of hydrogen-bond acceptors (Lipinski definition) is 2. The molecule has 1 saturated heterocycles. The van der Waals surface area contributed by atoms with Crippen LogP contribution in [0.2, 0.25) is 0 Å². The highest BCUT2D eigenvalue weighted by Crippen LogP contribution is 2.36. The Labute approximate surface area is 133 Å². The molecule has 1 aliphatic rings. The van der Waals surface area contributed by atoms with Crippen LogP contribution in [0.4, 0.5) is 0 Å². The van der Waals surface area contributed by atoms with E-state index in [2.05, 4.69) is 77.1 Å². The lowest BCUT2D eigenvalue weighted by Crippen LogP contribution is -2.41. The minimum Gasteiger partial charge on any atom is -0.399 e. The molecule has 3 rings (SSSR count). The molecule has 0 aliphatic carbocycles. The smallest absolute Gasteiger partial charge is 0.399 e. The Hall–Kier alpha value is -1.58. The van der Waals surface area contributed by atoms with Crippen molar-refractivity contribution >= 4 is 12.6 Å². The monoisotopic (exact) mass is 294 g/mol. The Morgan fingerprint density at radius 3 is 1.95 bits per heavy atom. The SMILES string of the molecule is Cc1cc(B2OC(C)(C)C(C)(C)O2)ccc1-c1ccccc1. The molecule has 0 unspecified atom stereocenters. The summed E-state index contributed by atoms with van der Waals surface area (Å²) < 4.78 is 12.3. The largest absolute Gasteiger partial charge is 0.494 e. The molecule has 0 spiro atoms. The van der Waals surface area contributed by atoms with Crippen molar-refractivity contribution in [1.29, 1.82) is 0 Å².